The van der Waals surface area contributed by atoms with Crippen LogP contribution in [0, 0.1) is 5.82 Å². The Balaban J connectivity index is 2.06. The van der Waals surface area contributed by atoms with Crippen LogP contribution in [0.3, 0.4) is 0 Å². The largest absolute Gasteiger partial charge is 0.494 e. The van der Waals surface area contributed by atoms with Crippen LogP contribution in [0.2, 0.25) is 5.02 Å². The standard InChI is InChI=1S/C25H14BrClF10N2O4/c1-42-19-12(3-2-4-16(19)38-21(41)13-9-11(27)5-6-15(13)28)20(40)39-18-14(26)7-10(8-17(18)43-22(29)30)23(31,24(32,33)34)25(35,36)37/h2-9,22H,1H3,(H,38,41)(H,39,40). The van der Waals surface area contributed by atoms with E-state index in [1.807, 2.05) is 5.32 Å². The summed E-state index contributed by atoms with van der Waals surface area (Å²) in [6.07, 6.45) is -13.2. The number of methoxy groups -OCH3 is 1. The molecule has 0 aromatic heterocycles. The number of hydrogen-bond acceptors (Lipinski definition) is 4. The number of anilines is 2. The molecule has 232 valence electrons. The summed E-state index contributed by atoms with van der Waals surface area (Å²) in [5.74, 6) is -5.12. The number of ether oxygens (including phenoxy) is 2. The first kappa shape index (κ1) is 33.8. The molecule has 0 radical (unpaired) electrons. The van der Waals surface area contributed by atoms with Crippen molar-refractivity contribution in [3.8, 4) is 11.5 Å². The van der Waals surface area contributed by atoms with Crippen LogP contribution < -0.4 is 20.1 Å². The van der Waals surface area contributed by atoms with Crippen LogP contribution in [0.5, 0.6) is 11.5 Å². The second-order valence-electron chi connectivity index (χ2n) is 8.28. The van der Waals surface area contributed by atoms with Crippen molar-refractivity contribution >= 4 is 50.7 Å². The van der Waals surface area contributed by atoms with Crippen molar-refractivity contribution in [2.45, 2.75) is 24.6 Å². The number of halogens is 12. The third-order valence-corrected chi connectivity index (χ3v) is 6.43. The molecule has 43 heavy (non-hydrogen) atoms. The Morgan fingerprint density at radius 1 is 0.884 bits per heavy atom. The van der Waals surface area contributed by atoms with Crippen molar-refractivity contribution in [3.05, 3.63) is 80.5 Å². The van der Waals surface area contributed by atoms with Crippen LogP contribution in [0.25, 0.3) is 0 Å². The number of hydrogen-bond donors (Lipinski definition) is 2. The first-order chi connectivity index (χ1) is 19.8. The highest BCUT2D eigenvalue weighted by Gasteiger charge is 2.73. The predicted molar refractivity (Wildman–Crippen MR) is 136 cm³/mol. The molecule has 0 fully saturated rings. The van der Waals surface area contributed by atoms with Gasteiger partial charge in [0.25, 0.3) is 11.8 Å². The maximum atomic E-state index is 14.6. The van der Waals surface area contributed by atoms with Gasteiger partial charge in [0.15, 0.2) is 11.5 Å². The third-order valence-electron chi connectivity index (χ3n) is 5.57. The van der Waals surface area contributed by atoms with Crippen LogP contribution in [0.15, 0.2) is 53.0 Å². The molecule has 2 amide bonds. The number of alkyl halides is 9. The van der Waals surface area contributed by atoms with Crippen LogP contribution >= 0.6 is 27.5 Å². The lowest BCUT2D eigenvalue weighted by Gasteiger charge is -2.31. The van der Waals surface area contributed by atoms with E-state index in [1.165, 1.54) is 18.2 Å². The molecule has 2 N–H and O–H groups in total. The molecule has 0 unspecified atom stereocenters. The average molecular weight is 712 g/mol. The molecule has 0 atom stereocenters. The normalized spacial score (nSPS) is 12.2. The Hall–Kier alpha value is -3.73. The van der Waals surface area contributed by atoms with Gasteiger partial charge in [-0.15, -0.1) is 0 Å². The zero-order chi connectivity index (χ0) is 32.5. The van der Waals surface area contributed by atoms with Gasteiger partial charge in [0.2, 0.25) is 0 Å². The third kappa shape index (κ3) is 6.92. The summed E-state index contributed by atoms with van der Waals surface area (Å²) in [7, 11) is 1.03. The molecule has 0 saturated heterocycles. The lowest BCUT2D eigenvalue weighted by atomic mass is 9.93. The lowest BCUT2D eigenvalue weighted by molar-refractivity contribution is -0.348. The highest BCUT2D eigenvalue weighted by atomic mass is 79.9. The van der Waals surface area contributed by atoms with Gasteiger partial charge in [-0.1, -0.05) is 17.7 Å². The summed E-state index contributed by atoms with van der Waals surface area (Å²) in [4.78, 5) is 25.7. The van der Waals surface area contributed by atoms with Crippen LogP contribution in [0.4, 0.5) is 55.3 Å². The maximum absolute atomic E-state index is 14.6. The molecule has 18 heteroatoms. The molecular formula is C25H14BrClF10N2O4. The zero-order valence-electron chi connectivity index (χ0n) is 20.9. The fourth-order valence-electron chi connectivity index (χ4n) is 3.65. The van der Waals surface area contributed by atoms with Gasteiger partial charge in [-0.3, -0.25) is 9.59 Å². The molecule has 0 spiro atoms. The number of benzene rings is 3. The minimum absolute atomic E-state index is 0.0144. The van der Waals surface area contributed by atoms with E-state index >= 15 is 0 Å². The van der Waals surface area contributed by atoms with E-state index in [1.54, 1.807) is 0 Å². The van der Waals surface area contributed by atoms with Crippen molar-refractivity contribution in [2.75, 3.05) is 17.7 Å². The van der Waals surface area contributed by atoms with E-state index in [9.17, 15) is 53.5 Å². The number of carbonyl (C=O) groups excluding carboxylic acids is 2. The highest BCUT2D eigenvalue weighted by Crippen LogP contribution is 2.55. The summed E-state index contributed by atoms with van der Waals surface area (Å²) in [6, 6.07) is 6.24. The lowest BCUT2D eigenvalue weighted by Crippen LogP contribution is -2.50. The average Bonchev–Trinajstić information content (AvgIpc) is 2.89. The number of rotatable bonds is 8. The van der Waals surface area contributed by atoms with E-state index in [0.717, 1.165) is 25.3 Å². The van der Waals surface area contributed by atoms with E-state index in [-0.39, 0.29) is 22.8 Å². The number of amides is 2. The SMILES string of the molecule is COc1c(NC(=O)c2cc(Cl)ccc2F)cccc1C(=O)Nc1c(Br)cc(C(F)(C(F)(F)F)C(F)(F)F)cc1OC(F)F. The number of nitrogens with one attached hydrogen (secondary N) is 2. The summed E-state index contributed by atoms with van der Waals surface area (Å²) in [5.41, 5.74) is -10.3. The van der Waals surface area contributed by atoms with E-state index in [0.29, 0.717) is 0 Å². The summed E-state index contributed by atoms with van der Waals surface area (Å²) in [6.45, 7) is -3.84. The van der Waals surface area contributed by atoms with Crippen molar-refractivity contribution in [1.29, 1.82) is 0 Å². The van der Waals surface area contributed by atoms with E-state index < -0.39 is 80.6 Å². The molecule has 0 bridgehead atoms. The second-order valence-corrected chi connectivity index (χ2v) is 9.57. The molecule has 3 aromatic carbocycles. The molecule has 3 rings (SSSR count). The number of carbonyl (C=O) groups is 2. The van der Waals surface area contributed by atoms with Crippen molar-refractivity contribution in [1.82, 2.24) is 0 Å². The fraction of sp³-hybridized carbons (Fsp3) is 0.200. The first-order valence-corrected chi connectivity index (χ1v) is 12.3. The van der Waals surface area contributed by atoms with Gasteiger partial charge >= 0.3 is 24.6 Å². The Bertz CT molecular complexity index is 1540. The monoisotopic (exact) mass is 710 g/mol. The van der Waals surface area contributed by atoms with Gasteiger partial charge in [-0.05, 0) is 58.4 Å². The van der Waals surface area contributed by atoms with Crippen molar-refractivity contribution in [2.24, 2.45) is 0 Å². The van der Waals surface area contributed by atoms with E-state index in [2.05, 4.69) is 26.0 Å². The van der Waals surface area contributed by atoms with Crippen LogP contribution in [-0.4, -0.2) is 37.9 Å². The topological polar surface area (TPSA) is 76.7 Å². The number of para-hydroxylation sites is 1. The molecular weight excluding hydrogens is 698 g/mol. The van der Waals surface area contributed by atoms with E-state index in [4.69, 9.17) is 16.3 Å². The molecule has 0 aliphatic heterocycles. The Morgan fingerprint density at radius 2 is 1.49 bits per heavy atom. The molecule has 0 aliphatic carbocycles. The highest BCUT2D eigenvalue weighted by molar-refractivity contribution is 9.10. The Labute approximate surface area is 248 Å². The Kier molecular flexibility index (Phi) is 9.80. The molecule has 6 nitrogen and oxygen atoms in total. The Morgan fingerprint density at radius 3 is 2.05 bits per heavy atom. The molecule has 0 heterocycles. The fourth-order valence-corrected chi connectivity index (χ4v) is 4.37. The van der Waals surface area contributed by atoms with Crippen LogP contribution in [0.1, 0.15) is 26.3 Å². The summed E-state index contributed by atoms with van der Waals surface area (Å²) >= 11 is 8.35. The minimum atomic E-state index is -6.58. The summed E-state index contributed by atoms with van der Waals surface area (Å²) in [5, 5.41) is 4.25. The maximum Gasteiger partial charge on any atom is 0.435 e. The van der Waals surface area contributed by atoms with Gasteiger partial charge in [0.05, 0.1) is 29.6 Å². The second kappa shape index (κ2) is 12.5. The van der Waals surface area contributed by atoms with Gasteiger partial charge in [-0.2, -0.15) is 35.1 Å². The zero-order valence-corrected chi connectivity index (χ0v) is 23.2. The van der Waals surface area contributed by atoms with Crippen LogP contribution in [-0.2, 0) is 5.67 Å². The molecule has 0 aliphatic rings. The van der Waals surface area contributed by atoms with Gasteiger partial charge in [-0.25, -0.2) is 8.78 Å². The van der Waals surface area contributed by atoms with Crippen molar-refractivity contribution < 1.29 is 63.0 Å². The van der Waals surface area contributed by atoms with Gasteiger partial charge in [0, 0.05) is 15.1 Å². The molecule has 3 aromatic rings. The quantitative estimate of drug-likeness (QED) is 0.230. The van der Waals surface area contributed by atoms with Gasteiger partial charge in [0.1, 0.15) is 5.82 Å². The van der Waals surface area contributed by atoms with Gasteiger partial charge < -0.3 is 20.1 Å². The minimum Gasteiger partial charge on any atom is -0.494 e. The molecule has 0 saturated carbocycles. The summed E-state index contributed by atoms with van der Waals surface area (Å²) < 4.78 is 143. The predicted octanol–water partition coefficient (Wildman–Crippen LogP) is 8.65. The first-order valence-electron chi connectivity index (χ1n) is 11.2. The smallest absolute Gasteiger partial charge is 0.435 e. The van der Waals surface area contributed by atoms with Crippen molar-refractivity contribution in [3.63, 3.8) is 0 Å².